The second-order valence-corrected chi connectivity index (χ2v) is 22.4. The smallest absolute Gasteiger partial charge is 0.325 e. The highest BCUT2D eigenvalue weighted by Crippen LogP contribution is 2.40. The summed E-state index contributed by atoms with van der Waals surface area (Å²) in [5.74, 6) is -2.20. The molecule has 0 atom stereocenters. The number of likely N-dealkylation sites (tertiary alicyclic amines) is 1. The monoisotopic (exact) mass is 1260 g/mol. The maximum absolute atomic E-state index is 16.0. The molecule has 5 heterocycles. The number of carbonyl (C=O) groups is 6. The Labute approximate surface area is 525 Å². The summed E-state index contributed by atoms with van der Waals surface area (Å²) in [6.45, 7) is 10.4. The van der Waals surface area contributed by atoms with Gasteiger partial charge in [-0.1, -0.05) is 35.9 Å². The van der Waals surface area contributed by atoms with Gasteiger partial charge >= 0.3 is 5.97 Å². The summed E-state index contributed by atoms with van der Waals surface area (Å²) in [6, 6.07) is 23.8. The fraction of sp³-hybridized carbons (Fsp3) is 0.429. The number of rotatable bonds is 30. The Morgan fingerprint density at radius 1 is 0.733 bits per heavy atom. The van der Waals surface area contributed by atoms with Gasteiger partial charge in [-0.3, -0.25) is 43.0 Å². The molecule has 0 radical (unpaired) electrons. The molecular formula is C63H77ClFN15O10. The average Bonchev–Trinajstić information content (AvgIpc) is 1.67. The highest BCUT2D eigenvalue weighted by Gasteiger charge is 2.30. The van der Waals surface area contributed by atoms with Gasteiger partial charge in [-0.15, -0.1) is 0 Å². The van der Waals surface area contributed by atoms with Crippen molar-refractivity contribution in [3.63, 3.8) is 0 Å². The van der Waals surface area contributed by atoms with Crippen LogP contribution in [0.15, 0.2) is 91.3 Å². The summed E-state index contributed by atoms with van der Waals surface area (Å²) in [5, 5.41) is 27.8. The third kappa shape index (κ3) is 18.0. The first kappa shape index (κ1) is 65.6. The molecule has 0 unspecified atom stereocenters. The van der Waals surface area contributed by atoms with Crippen LogP contribution in [0.2, 0.25) is 5.02 Å². The first-order valence-corrected chi connectivity index (χ1v) is 30.5. The topological polar surface area (TPSA) is 283 Å². The fourth-order valence-corrected chi connectivity index (χ4v) is 10.9. The molecule has 90 heavy (non-hydrogen) atoms. The van der Waals surface area contributed by atoms with E-state index in [1.54, 1.807) is 78.7 Å². The van der Waals surface area contributed by atoms with Crippen molar-refractivity contribution >= 4 is 97.7 Å². The van der Waals surface area contributed by atoms with Gasteiger partial charge in [-0.25, -0.2) is 9.37 Å². The van der Waals surface area contributed by atoms with Gasteiger partial charge in [-0.2, -0.15) is 15.2 Å². The zero-order valence-corrected chi connectivity index (χ0v) is 51.8. The zero-order valence-electron chi connectivity index (χ0n) is 51.0. The molecule has 6 N–H and O–H groups in total. The molecule has 2 fully saturated rings. The summed E-state index contributed by atoms with van der Waals surface area (Å²) >= 11 is 6.42. The van der Waals surface area contributed by atoms with E-state index in [-0.39, 0.29) is 68.8 Å². The van der Waals surface area contributed by atoms with Crippen LogP contribution >= 0.6 is 11.6 Å². The number of aryl methyl sites for hydroxylation is 1. The molecule has 7 aromatic rings. The number of piperidine rings is 1. The van der Waals surface area contributed by atoms with Crippen molar-refractivity contribution in [1.29, 1.82) is 0 Å². The van der Waals surface area contributed by atoms with Gasteiger partial charge in [0.05, 0.1) is 92.7 Å². The zero-order chi connectivity index (χ0) is 63.5. The number of hydrogen-bond donors (Lipinski definition) is 6. The lowest BCUT2D eigenvalue weighted by molar-refractivity contribution is -0.147. The average molecular weight is 1260 g/mol. The van der Waals surface area contributed by atoms with E-state index in [2.05, 4.69) is 68.9 Å². The van der Waals surface area contributed by atoms with Crippen molar-refractivity contribution in [3.05, 3.63) is 113 Å². The number of esters is 1. The van der Waals surface area contributed by atoms with E-state index in [1.165, 1.54) is 12.3 Å². The number of hydrogen-bond acceptors (Lipinski definition) is 18. The van der Waals surface area contributed by atoms with Gasteiger partial charge in [0.15, 0.2) is 5.82 Å². The van der Waals surface area contributed by atoms with Crippen LogP contribution in [0.25, 0.3) is 32.9 Å². The Morgan fingerprint density at radius 3 is 2.20 bits per heavy atom. The Balaban J connectivity index is 0.627. The lowest BCUT2D eigenvalue weighted by Crippen LogP contribution is -2.47. The van der Waals surface area contributed by atoms with E-state index >= 15 is 4.39 Å². The van der Waals surface area contributed by atoms with Crippen LogP contribution in [0.1, 0.15) is 61.5 Å². The SMILES string of the molecule is CNC(=O)c1ccccc1Nc1nc(Nc2ccc(N3CCN(CCOCCOCCOCCNC(=O)CCC(=O)N4CCC(c5nn(CC(=O)NCC(=O)NCC(=O)OC(C)C)c6cccc(-c7cc8c(cnn8C)cc7F)c56)CC4)CC3)cc2)ncc1Cl. The maximum Gasteiger partial charge on any atom is 0.325 e. The lowest BCUT2D eigenvalue weighted by Gasteiger charge is -2.36. The molecule has 9 rings (SSSR count). The third-order valence-corrected chi connectivity index (χ3v) is 15.7. The van der Waals surface area contributed by atoms with Crippen molar-refractivity contribution < 1.29 is 52.1 Å². The number of halogens is 2. The van der Waals surface area contributed by atoms with Crippen molar-refractivity contribution in [1.82, 2.24) is 60.6 Å². The van der Waals surface area contributed by atoms with Crippen LogP contribution in [0, 0.1) is 5.82 Å². The number of aromatic nitrogens is 6. The van der Waals surface area contributed by atoms with Gasteiger partial charge in [0.1, 0.15) is 23.9 Å². The minimum absolute atomic E-state index is 0.0245. The molecule has 0 saturated carbocycles. The van der Waals surface area contributed by atoms with Crippen LogP contribution in [0.3, 0.4) is 0 Å². The molecule has 3 aromatic heterocycles. The fourth-order valence-electron chi connectivity index (χ4n) is 10.7. The molecule has 2 aliphatic heterocycles. The number of benzene rings is 4. The predicted molar refractivity (Wildman–Crippen MR) is 338 cm³/mol. The van der Waals surface area contributed by atoms with Crippen LogP contribution in [-0.2, 0) is 56.5 Å². The summed E-state index contributed by atoms with van der Waals surface area (Å²) in [6.07, 6.45) is 3.90. The maximum atomic E-state index is 16.0. The number of nitrogens with zero attached hydrogens (tertiary/aromatic N) is 9. The minimum Gasteiger partial charge on any atom is -0.462 e. The molecular weight excluding hydrogens is 1180 g/mol. The first-order chi connectivity index (χ1) is 43.6. The van der Waals surface area contributed by atoms with E-state index in [9.17, 15) is 28.8 Å². The second kappa shape index (κ2) is 32.1. The summed E-state index contributed by atoms with van der Waals surface area (Å²) in [4.78, 5) is 91.5. The summed E-state index contributed by atoms with van der Waals surface area (Å²) in [7, 11) is 3.36. The standard InChI is InChI=1S/C63H77ClFN15O10/c1-41(2)90-58(85)39-69-55(82)38-68-56(83)40-80-52-11-7-9-46(48-35-53-43(34-50(48)65)36-71-76(53)4)59(52)60(75-80)42-18-21-79(22-19-42)57(84)17-16-54(81)67-20-28-87-30-32-89-33-31-88-29-27-77-23-25-78(26-24-77)45-14-12-44(13-15-45)72-63-70-37-49(64)61(74-63)73-51-10-6-5-8-47(51)62(86)66-3/h5-15,34-37,41-42H,16-33,38-40H2,1-4H3,(H,66,86)(H,67,81)(H,68,83)(H,69,82)(H2,70,72,73,74). The van der Waals surface area contributed by atoms with Crippen LogP contribution < -0.4 is 36.8 Å². The molecule has 27 heteroatoms. The largest absolute Gasteiger partial charge is 0.462 e. The third-order valence-electron chi connectivity index (χ3n) is 15.4. The van der Waals surface area contributed by atoms with E-state index in [0.717, 1.165) is 49.6 Å². The van der Waals surface area contributed by atoms with Gasteiger partial charge < -0.3 is 60.6 Å². The number of anilines is 5. The first-order valence-electron chi connectivity index (χ1n) is 30.2. The summed E-state index contributed by atoms with van der Waals surface area (Å²) in [5.41, 5.74) is 5.85. The molecule has 25 nitrogen and oxygen atoms in total. The van der Waals surface area contributed by atoms with E-state index in [4.69, 9.17) is 35.6 Å². The van der Waals surface area contributed by atoms with Gasteiger partial charge in [-0.05, 0) is 86.8 Å². The molecule has 4 aromatic carbocycles. The number of para-hydroxylation sites is 1. The minimum atomic E-state index is -0.598. The van der Waals surface area contributed by atoms with Crippen molar-refractivity contribution in [2.45, 2.75) is 58.1 Å². The molecule has 0 aliphatic carbocycles. The summed E-state index contributed by atoms with van der Waals surface area (Å²) < 4.78 is 41.4. The van der Waals surface area contributed by atoms with Crippen molar-refractivity contribution in [3.8, 4) is 11.1 Å². The van der Waals surface area contributed by atoms with Crippen LogP contribution in [-0.4, -0.2) is 193 Å². The second-order valence-electron chi connectivity index (χ2n) is 22.0. The van der Waals surface area contributed by atoms with Gasteiger partial charge in [0, 0.05) is 113 Å². The molecule has 2 aliphatic rings. The van der Waals surface area contributed by atoms with Crippen LogP contribution in [0.4, 0.5) is 33.2 Å². The molecule has 478 valence electrons. The molecule has 0 bridgehead atoms. The number of amides is 5. The number of nitrogens with one attached hydrogen (secondary N) is 6. The van der Waals surface area contributed by atoms with Gasteiger partial charge in [0.2, 0.25) is 29.6 Å². The number of piperazine rings is 1. The Hall–Kier alpha value is -8.82. The highest BCUT2D eigenvalue weighted by molar-refractivity contribution is 6.33. The highest BCUT2D eigenvalue weighted by atomic mass is 35.5. The van der Waals surface area contributed by atoms with Gasteiger partial charge in [0.25, 0.3) is 5.91 Å². The molecule has 5 amide bonds. The number of carbonyl (C=O) groups excluding carboxylic acids is 6. The Kier molecular flexibility index (Phi) is 23.4. The quantitative estimate of drug-likeness (QED) is 0.0233. The van der Waals surface area contributed by atoms with E-state index in [0.29, 0.717) is 127 Å². The Bertz CT molecular complexity index is 3630. The van der Waals surface area contributed by atoms with E-state index < -0.39 is 23.6 Å². The van der Waals surface area contributed by atoms with Crippen LogP contribution in [0.5, 0.6) is 0 Å². The normalized spacial score (nSPS) is 13.8. The molecule has 0 spiro atoms. The molecule has 2 saturated heterocycles. The Morgan fingerprint density at radius 2 is 1.46 bits per heavy atom. The number of ether oxygens (including phenoxy) is 4. The number of fused-ring (bicyclic) bond motifs is 2. The lowest BCUT2D eigenvalue weighted by atomic mass is 9.88. The van der Waals surface area contributed by atoms with E-state index in [1.807, 2.05) is 30.3 Å². The van der Waals surface area contributed by atoms with Crippen molar-refractivity contribution in [2.75, 3.05) is 128 Å². The predicted octanol–water partition coefficient (Wildman–Crippen LogP) is 5.68. The van der Waals surface area contributed by atoms with Crippen molar-refractivity contribution in [2.24, 2.45) is 7.05 Å².